The number of carbonyl (C=O) groups is 1. The number of pyridine rings is 1. The first-order chi connectivity index (χ1) is 12.5. The van der Waals surface area contributed by atoms with Crippen LogP contribution in [0.4, 0.5) is 5.69 Å². The number of amides is 1. The molecular formula is C22H24N2OS. The van der Waals surface area contributed by atoms with Gasteiger partial charge in [0.25, 0.3) is 0 Å². The number of carbonyl (C=O) groups excluding carboxylic acids is 1. The number of rotatable bonds is 5. The molecule has 0 aliphatic carbocycles. The van der Waals surface area contributed by atoms with Crippen LogP contribution in [-0.4, -0.2) is 16.6 Å². The van der Waals surface area contributed by atoms with E-state index in [1.54, 1.807) is 0 Å². The Hall–Kier alpha value is -2.33. The van der Waals surface area contributed by atoms with Crippen molar-refractivity contribution in [2.24, 2.45) is 0 Å². The van der Waals surface area contributed by atoms with Gasteiger partial charge in [0.15, 0.2) is 0 Å². The standard InChI is InChI=1S/C22H24N2OS/c1-5-17-12-18-9-7-15(3)11-20(18)24-22(17)26-13-21(25)23-19-10-14(2)6-8-16(19)4/h6-12H,5,13H2,1-4H3,(H,23,25). The van der Waals surface area contributed by atoms with Gasteiger partial charge in [-0.15, -0.1) is 0 Å². The number of anilines is 1. The maximum atomic E-state index is 12.4. The van der Waals surface area contributed by atoms with Gasteiger partial charge in [0, 0.05) is 11.1 Å². The van der Waals surface area contributed by atoms with Gasteiger partial charge in [0.1, 0.15) is 5.03 Å². The lowest BCUT2D eigenvalue weighted by Gasteiger charge is -2.11. The van der Waals surface area contributed by atoms with Gasteiger partial charge in [-0.05, 0) is 67.6 Å². The minimum Gasteiger partial charge on any atom is -0.325 e. The van der Waals surface area contributed by atoms with E-state index < -0.39 is 0 Å². The van der Waals surface area contributed by atoms with Crippen molar-refractivity contribution in [2.75, 3.05) is 11.1 Å². The van der Waals surface area contributed by atoms with Crippen molar-refractivity contribution < 1.29 is 4.79 Å². The van der Waals surface area contributed by atoms with Gasteiger partial charge in [-0.1, -0.05) is 43.0 Å². The Balaban J connectivity index is 1.76. The summed E-state index contributed by atoms with van der Waals surface area (Å²) in [6, 6.07) is 14.6. The van der Waals surface area contributed by atoms with Crippen LogP contribution in [0, 0.1) is 20.8 Å². The van der Waals surface area contributed by atoms with Gasteiger partial charge in [0.2, 0.25) is 5.91 Å². The molecule has 3 rings (SSSR count). The minimum atomic E-state index is -0.00288. The van der Waals surface area contributed by atoms with E-state index in [1.165, 1.54) is 22.9 Å². The highest BCUT2D eigenvalue weighted by Crippen LogP contribution is 2.26. The van der Waals surface area contributed by atoms with Crippen LogP contribution in [-0.2, 0) is 11.2 Å². The van der Waals surface area contributed by atoms with E-state index in [2.05, 4.69) is 43.4 Å². The van der Waals surface area contributed by atoms with Gasteiger partial charge in [-0.25, -0.2) is 4.98 Å². The summed E-state index contributed by atoms with van der Waals surface area (Å²) in [5.74, 6) is 0.349. The van der Waals surface area contributed by atoms with Gasteiger partial charge in [0.05, 0.1) is 11.3 Å². The molecule has 0 atom stereocenters. The fraction of sp³-hybridized carbons (Fsp3) is 0.273. The molecule has 3 aromatic rings. The zero-order valence-corrected chi connectivity index (χ0v) is 16.5. The first-order valence-electron chi connectivity index (χ1n) is 8.86. The summed E-state index contributed by atoms with van der Waals surface area (Å²) >= 11 is 1.51. The van der Waals surface area contributed by atoms with E-state index in [9.17, 15) is 4.79 Å². The van der Waals surface area contributed by atoms with Crippen molar-refractivity contribution in [2.45, 2.75) is 39.1 Å². The fourth-order valence-electron chi connectivity index (χ4n) is 2.87. The number of nitrogens with zero attached hydrogens (tertiary/aromatic N) is 1. The molecule has 0 unspecified atom stereocenters. The van der Waals surface area contributed by atoms with E-state index >= 15 is 0 Å². The Kier molecular flexibility index (Phi) is 5.62. The van der Waals surface area contributed by atoms with Crippen LogP contribution >= 0.6 is 11.8 Å². The highest BCUT2D eigenvalue weighted by molar-refractivity contribution is 8.00. The van der Waals surface area contributed by atoms with Gasteiger partial charge >= 0.3 is 0 Å². The number of hydrogen-bond donors (Lipinski definition) is 1. The Morgan fingerprint density at radius 1 is 1.04 bits per heavy atom. The summed E-state index contributed by atoms with van der Waals surface area (Å²) in [5, 5.41) is 5.11. The van der Waals surface area contributed by atoms with Crippen molar-refractivity contribution in [3.05, 3.63) is 64.7 Å². The Bertz CT molecular complexity index is 966. The lowest BCUT2D eigenvalue weighted by molar-refractivity contribution is -0.113. The molecule has 1 N–H and O–H groups in total. The summed E-state index contributed by atoms with van der Waals surface area (Å²) in [6.45, 7) is 8.22. The second kappa shape index (κ2) is 7.92. The third-order valence-electron chi connectivity index (χ3n) is 4.40. The monoisotopic (exact) mass is 364 g/mol. The van der Waals surface area contributed by atoms with E-state index in [1.807, 2.05) is 32.0 Å². The molecule has 0 fully saturated rings. The quantitative estimate of drug-likeness (QED) is 0.612. The molecule has 0 radical (unpaired) electrons. The number of nitrogens with one attached hydrogen (secondary N) is 1. The maximum absolute atomic E-state index is 12.4. The number of fused-ring (bicyclic) bond motifs is 1. The van der Waals surface area contributed by atoms with Crippen LogP contribution in [0.2, 0.25) is 0 Å². The first kappa shape index (κ1) is 18.5. The van der Waals surface area contributed by atoms with Gasteiger partial charge in [-0.2, -0.15) is 0 Å². The van der Waals surface area contributed by atoms with Crippen LogP contribution < -0.4 is 5.32 Å². The molecule has 0 saturated carbocycles. The van der Waals surface area contributed by atoms with E-state index in [4.69, 9.17) is 4.98 Å². The molecule has 4 heteroatoms. The molecule has 0 aliphatic heterocycles. The Labute approximate surface area is 159 Å². The van der Waals surface area contributed by atoms with Crippen LogP contribution in [0.5, 0.6) is 0 Å². The molecule has 2 aromatic carbocycles. The third-order valence-corrected chi connectivity index (χ3v) is 5.43. The van der Waals surface area contributed by atoms with Crippen LogP contribution in [0.25, 0.3) is 10.9 Å². The smallest absolute Gasteiger partial charge is 0.234 e. The summed E-state index contributed by atoms with van der Waals surface area (Å²) in [4.78, 5) is 17.2. The second-order valence-electron chi connectivity index (χ2n) is 6.66. The number of aromatic nitrogens is 1. The Morgan fingerprint density at radius 2 is 1.77 bits per heavy atom. The van der Waals surface area contributed by atoms with Crippen molar-refractivity contribution in [3.63, 3.8) is 0 Å². The minimum absolute atomic E-state index is 0.00288. The lowest BCUT2D eigenvalue weighted by atomic mass is 10.1. The van der Waals surface area contributed by atoms with Crippen molar-refractivity contribution in [1.29, 1.82) is 0 Å². The van der Waals surface area contributed by atoms with Crippen molar-refractivity contribution >= 4 is 34.3 Å². The van der Waals surface area contributed by atoms with Crippen LogP contribution in [0.3, 0.4) is 0 Å². The van der Waals surface area contributed by atoms with Crippen molar-refractivity contribution in [3.8, 4) is 0 Å². The molecule has 1 amide bonds. The number of hydrogen-bond acceptors (Lipinski definition) is 3. The third kappa shape index (κ3) is 4.25. The SMILES string of the molecule is CCc1cc2ccc(C)cc2nc1SCC(=O)Nc1cc(C)ccc1C. The highest BCUT2D eigenvalue weighted by atomic mass is 32.2. The molecule has 134 valence electrons. The average molecular weight is 365 g/mol. The molecule has 26 heavy (non-hydrogen) atoms. The number of benzene rings is 2. The normalized spacial score (nSPS) is 10.9. The predicted molar refractivity (Wildman–Crippen MR) is 111 cm³/mol. The molecule has 3 nitrogen and oxygen atoms in total. The first-order valence-corrected chi connectivity index (χ1v) is 9.85. The summed E-state index contributed by atoms with van der Waals surface area (Å²) in [7, 11) is 0. The largest absolute Gasteiger partial charge is 0.325 e. The Morgan fingerprint density at radius 3 is 2.54 bits per heavy atom. The molecule has 0 bridgehead atoms. The summed E-state index contributed by atoms with van der Waals surface area (Å²) in [6.07, 6.45) is 0.901. The van der Waals surface area contributed by atoms with E-state index in [0.717, 1.165) is 39.2 Å². The zero-order chi connectivity index (χ0) is 18.7. The molecular weight excluding hydrogens is 340 g/mol. The average Bonchev–Trinajstić information content (AvgIpc) is 2.62. The van der Waals surface area contributed by atoms with Crippen LogP contribution in [0.15, 0.2) is 47.5 Å². The molecule has 0 spiro atoms. The zero-order valence-electron chi connectivity index (χ0n) is 15.7. The number of aryl methyl sites for hydroxylation is 4. The predicted octanol–water partition coefficient (Wildman–Crippen LogP) is 5.45. The molecule has 1 heterocycles. The summed E-state index contributed by atoms with van der Waals surface area (Å²) < 4.78 is 0. The second-order valence-corrected chi connectivity index (χ2v) is 7.62. The summed E-state index contributed by atoms with van der Waals surface area (Å²) in [5.41, 5.74) is 6.46. The lowest BCUT2D eigenvalue weighted by Crippen LogP contribution is -2.15. The maximum Gasteiger partial charge on any atom is 0.234 e. The van der Waals surface area contributed by atoms with Gasteiger partial charge in [-0.3, -0.25) is 4.79 Å². The van der Waals surface area contributed by atoms with Crippen LogP contribution in [0.1, 0.15) is 29.2 Å². The van der Waals surface area contributed by atoms with E-state index in [-0.39, 0.29) is 5.91 Å². The fourth-order valence-corrected chi connectivity index (χ4v) is 3.76. The topological polar surface area (TPSA) is 42.0 Å². The van der Waals surface area contributed by atoms with E-state index in [0.29, 0.717) is 5.75 Å². The molecule has 0 saturated heterocycles. The van der Waals surface area contributed by atoms with Crippen molar-refractivity contribution in [1.82, 2.24) is 4.98 Å². The number of thioether (sulfide) groups is 1. The van der Waals surface area contributed by atoms with Gasteiger partial charge < -0.3 is 5.32 Å². The molecule has 0 aliphatic rings. The molecule has 1 aromatic heterocycles. The highest BCUT2D eigenvalue weighted by Gasteiger charge is 2.11.